The molecule has 0 fully saturated rings. The second-order valence-corrected chi connectivity index (χ2v) is 7.36. The molecule has 32 heavy (non-hydrogen) atoms. The van der Waals surface area contributed by atoms with Gasteiger partial charge < -0.3 is 10.1 Å². The van der Waals surface area contributed by atoms with Crippen LogP contribution < -0.4 is 5.32 Å². The molecule has 1 aliphatic rings. The van der Waals surface area contributed by atoms with Crippen molar-refractivity contribution in [3.8, 4) is 0 Å². The lowest BCUT2D eigenvalue weighted by Gasteiger charge is -2.15. The molecule has 0 aromatic heterocycles. The van der Waals surface area contributed by atoms with E-state index in [4.69, 9.17) is 16.3 Å². The van der Waals surface area contributed by atoms with E-state index in [1.807, 2.05) is 0 Å². The molecule has 0 bridgehead atoms. The molecule has 0 saturated heterocycles. The predicted molar refractivity (Wildman–Crippen MR) is 113 cm³/mol. The number of nitrogens with one attached hydrogen (secondary N) is 1. The minimum absolute atomic E-state index is 0.0133. The number of nitrogens with zero attached hydrogens (tertiary/aromatic N) is 2. The molecule has 1 N–H and O–H groups in total. The van der Waals surface area contributed by atoms with E-state index in [2.05, 4.69) is 5.32 Å². The van der Waals surface area contributed by atoms with Gasteiger partial charge in [0, 0.05) is 25.1 Å². The summed E-state index contributed by atoms with van der Waals surface area (Å²) in [6.07, 6.45) is -1.16. The van der Waals surface area contributed by atoms with Crippen molar-refractivity contribution in [3.05, 3.63) is 68.7 Å². The number of anilines is 1. The van der Waals surface area contributed by atoms with Crippen LogP contribution in [-0.2, 0) is 14.3 Å². The third kappa shape index (κ3) is 4.92. The molecule has 1 aliphatic heterocycles. The summed E-state index contributed by atoms with van der Waals surface area (Å²) in [5.41, 5.74) is 0.400. The van der Waals surface area contributed by atoms with Crippen LogP contribution in [0.3, 0.4) is 0 Å². The number of carbonyl (C=O) groups excluding carboxylic acids is 4. The standard InChI is InChI=1S/C21H18ClN3O7/c1-12(19(27)23-17-11-13(25(30)31)8-9-16(17)22)32-18(26)7-4-10-24-20(28)14-5-2-3-6-15(14)21(24)29/h2-3,5-6,8-9,11-12H,4,7,10H2,1H3,(H,23,27). The Balaban J connectivity index is 1.49. The van der Waals surface area contributed by atoms with Crippen LogP contribution in [0.1, 0.15) is 40.5 Å². The van der Waals surface area contributed by atoms with Gasteiger partial charge in [-0.3, -0.25) is 34.2 Å². The first-order valence-corrected chi connectivity index (χ1v) is 9.96. The molecule has 2 aromatic carbocycles. The number of benzene rings is 2. The van der Waals surface area contributed by atoms with Crippen LogP contribution in [-0.4, -0.2) is 46.2 Å². The maximum Gasteiger partial charge on any atom is 0.306 e. The molecule has 10 nitrogen and oxygen atoms in total. The van der Waals surface area contributed by atoms with Gasteiger partial charge in [0.15, 0.2) is 6.10 Å². The van der Waals surface area contributed by atoms with Gasteiger partial charge in [0.25, 0.3) is 23.4 Å². The Morgan fingerprint density at radius 3 is 2.38 bits per heavy atom. The fourth-order valence-electron chi connectivity index (χ4n) is 3.09. The SMILES string of the molecule is CC(OC(=O)CCCN1C(=O)c2ccccc2C1=O)C(=O)Nc1cc([N+](=O)[O-])ccc1Cl. The second kappa shape index (κ2) is 9.56. The summed E-state index contributed by atoms with van der Waals surface area (Å²) in [5, 5.41) is 13.3. The molecule has 3 amide bonds. The van der Waals surface area contributed by atoms with E-state index in [9.17, 15) is 29.3 Å². The van der Waals surface area contributed by atoms with Gasteiger partial charge in [-0.25, -0.2) is 0 Å². The van der Waals surface area contributed by atoms with Crippen molar-refractivity contribution < 1.29 is 28.8 Å². The quantitative estimate of drug-likeness (QED) is 0.277. The number of ether oxygens (including phenoxy) is 1. The molecular formula is C21H18ClN3O7. The summed E-state index contributed by atoms with van der Waals surface area (Å²) < 4.78 is 5.07. The number of nitro benzene ring substituents is 1. The molecule has 1 atom stereocenters. The Bertz CT molecular complexity index is 1080. The van der Waals surface area contributed by atoms with Gasteiger partial charge >= 0.3 is 5.97 Å². The summed E-state index contributed by atoms with van der Waals surface area (Å²) in [7, 11) is 0. The van der Waals surface area contributed by atoms with Gasteiger partial charge in [-0.15, -0.1) is 0 Å². The maximum absolute atomic E-state index is 12.3. The predicted octanol–water partition coefficient (Wildman–Crippen LogP) is 3.19. The number of carbonyl (C=O) groups is 4. The van der Waals surface area contributed by atoms with Crippen molar-refractivity contribution in [2.75, 3.05) is 11.9 Å². The zero-order valence-corrected chi connectivity index (χ0v) is 17.6. The Labute approximate surface area is 187 Å². The molecule has 11 heteroatoms. The topological polar surface area (TPSA) is 136 Å². The van der Waals surface area contributed by atoms with Gasteiger partial charge in [-0.2, -0.15) is 0 Å². The number of nitro groups is 1. The first-order valence-electron chi connectivity index (χ1n) is 9.58. The van der Waals surface area contributed by atoms with Gasteiger partial charge in [-0.05, 0) is 31.5 Å². The van der Waals surface area contributed by atoms with Crippen LogP contribution in [0.25, 0.3) is 0 Å². The van der Waals surface area contributed by atoms with E-state index >= 15 is 0 Å². The highest BCUT2D eigenvalue weighted by Crippen LogP contribution is 2.27. The van der Waals surface area contributed by atoms with Crippen LogP contribution in [0.2, 0.25) is 5.02 Å². The van der Waals surface area contributed by atoms with E-state index < -0.39 is 34.7 Å². The summed E-state index contributed by atoms with van der Waals surface area (Å²) in [5.74, 6) is -2.25. The first-order chi connectivity index (χ1) is 15.2. The van der Waals surface area contributed by atoms with E-state index in [-0.39, 0.29) is 35.8 Å². The number of non-ortho nitro benzene ring substituents is 1. The number of rotatable bonds is 8. The monoisotopic (exact) mass is 459 g/mol. The Morgan fingerprint density at radius 2 is 1.78 bits per heavy atom. The average molecular weight is 460 g/mol. The number of esters is 1. The normalized spacial score (nSPS) is 13.5. The number of imide groups is 1. The van der Waals surface area contributed by atoms with Gasteiger partial charge in [0.2, 0.25) is 0 Å². The highest BCUT2D eigenvalue weighted by molar-refractivity contribution is 6.33. The number of halogens is 1. The molecule has 3 rings (SSSR count). The zero-order chi connectivity index (χ0) is 23.4. The van der Waals surface area contributed by atoms with E-state index in [1.54, 1.807) is 24.3 Å². The first kappa shape index (κ1) is 22.9. The van der Waals surface area contributed by atoms with Crippen molar-refractivity contribution in [2.24, 2.45) is 0 Å². The number of hydrogen-bond acceptors (Lipinski definition) is 7. The van der Waals surface area contributed by atoms with Crippen molar-refractivity contribution in [1.82, 2.24) is 4.90 Å². The van der Waals surface area contributed by atoms with Crippen molar-refractivity contribution in [2.45, 2.75) is 25.9 Å². The maximum atomic E-state index is 12.3. The molecular weight excluding hydrogens is 442 g/mol. The summed E-state index contributed by atoms with van der Waals surface area (Å²) in [6, 6.07) is 10.0. The summed E-state index contributed by atoms with van der Waals surface area (Å²) >= 11 is 5.94. The van der Waals surface area contributed by atoms with Crippen molar-refractivity contribution in [1.29, 1.82) is 0 Å². The molecule has 1 heterocycles. The van der Waals surface area contributed by atoms with Crippen molar-refractivity contribution >= 4 is 46.7 Å². The highest BCUT2D eigenvalue weighted by Gasteiger charge is 2.34. The third-order valence-electron chi connectivity index (χ3n) is 4.74. The summed E-state index contributed by atoms with van der Waals surface area (Å²) in [4.78, 5) is 60.2. The van der Waals surface area contributed by atoms with E-state index in [1.165, 1.54) is 19.1 Å². The Morgan fingerprint density at radius 1 is 1.16 bits per heavy atom. The third-order valence-corrected chi connectivity index (χ3v) is 5.07. The van der Waals surface area contributed by atoms with E-state index in [0.717, 1.165) is 11.0 Å². The van der Waals surface area contributed by atoms with Gasteiger partial charge in [-0.1, -0.05) is 23.7 Å². The molecule has 166 valence electrons. The summed E-state index contributed by atoms with van der Waals surface area (Å²) in [6.45, 7) is 1.37. The number of fused-ring (bicyclic) bond motifs is 1. The molecule has 0 saturated carbocycles. The van der Waals surface area contributed by atoms with Gasteiger partial charge in [0.05, 0.1) is 26.8 Å². The van der Waals surface area contributed by atoms with Crippen LogP contribution in [0.5, 0.6) is 0 Å². The fourth-order valence-corrected chi connectivity index (χ4v) is 3.26. The van der Waals surface area contributed by atoms with Crippen LogP contribution in [0.15, 0.2) is 42.5 Å². The minimum atomic E-state index is -1.20. The largest absolute Gasteiger partial charge is 0.453 e. The lowest BCUT2D eigenvalue weighted by Crippen LogP contribution is -2.32. The van der Waals surface area contributed by atoms with Gasteiger partial charge in [0.1, 0.15) is 0 Å². The molecule has 1 unspecified atom stereocenters. The Hall–Kier alpha value is -3.79. The molecule has 0 spiro atoms. The minimum Gasteiger partial charge on any atom is -0.453 e. The second-order valence-electron chi connectivity index (χ2n) is 6.95. The lowest BCUT2D eigenvalue weighted by molar-refractivity contribution is -0.384. The molecule has 0 aliphatic carbocycles. The van der Waals surface area contributed by atoms with Crippen LogP contribution in [0, 0.1) is 10.1 Å². The van der Waals surface area contributed by atoms with Crippen LogP contribution >= 0.6 is 11.6 Å². The number of amides is 3. The van der Waals surface area contributed by atoms with E-state index in [0.29, 0.717) is 11.1 Å². The molecule has 2 aromatic rings. The Kier molecular flexibility index (Phi) is 6.84. The molecule has 0 radical (unpaired) electrons. The van der Waals surface area contributed by atoms with Crippen LogP contribution in [0.4, 0.5) is 11.4 Å². The fraction of sp³-hybridized carbons (Fsp3) is 0.238. The zero-order valence-electron chi connectivity index (χ0n) is 16.9. The number of hydrogen-bond donors (Lipinski definition) is 1. The lowest BCUT2D eigenvalue weighted by atomic mass is 10.1. The average Bonchev–Trinajstić information content (AvgIpc) is 3.00. The highest BCUT2D eigenvalue weighted by atomic mass is 35.5. The van der Waals surface area contributed by atoms with Crippen molar-refractivity contribution in [3.63, 3.8) is 0 Å². The smallest absolute Gasteiger partial charge is 0.306 e.